The van der Waals surface area contributed by atoms with E-state index >= 15 is 0 Å². The lowest BCUT2D eigenvalue weighted by Crippen LogP contribution is -2.48. The summed E-state index contributed by atoms with van der Waals surface area (Å²) >= 11 is 1.57. The summed E-state index contributed by atoms with van der Waals surface area (Å²) in [6.07, 6.45) is 5.72. The molecule has 5 rings (SSSR count). The SMILES string of the molecule is COc1cc(C2CC2)ccc1-c1cnc2sc(N3CCC(O)(CN)CC3)nn12. The first-order valence-electron chi connectivity index (χ1n) is 9.80. The molecule has 0 bridgehead atoms. The summed E-state index contributed by atoms with van der Waals surface area (Å²) in [6.45, 7) is 1.81. The Morgan fingerprint density at radius 3 is 2.79 bits per heavy atom. The Morgan fingerprint density at radius 2 is 2.11 bits per heavy atom. The molecule has 8 heteroatoms. The zero-order valence-electron chi connectivity index (χ0n) is 16.0. The smallest absolute Gasteiger partial charge is 0.214 e. The van der Waals surface area contributed by atoms with Gasteiger partial charge in [-0.3, -0.25) is 0 Å². The van der Waals surface area contributed by atoms with Crippen LogP contribution in [0.1, 0.15) is 37.2 Å². The zero-order valence-corrected chi connectivity index (χ0v) is 16.8. The maximum Gasteiger partial charge on any atom is 0.214 e. The Labute approximate surface area is 167 Å². The van der Waals surface area contributed by atoms with Crippen LogP contribution in [0, 0.1) is 0 Å². The van der Waals surface area contributed by atoms with Crippen molar-refractivity contribution in [3.63, 3.8) is 0 Å². The second kappa shape index (κ2) is 6.72. The molecule has 1 saturated heterocycles. The Bertz CT molecular complexity index is 1000. The number of methoxy groups -OCH3 is 1. The lowest BCUT2D eigenvalue weighted by molar-refractivity contribution is 0.0249. The number of piperidine rings is 1. The van der Waals surface area contributed by atoms with Crippen molar-refractivity contribution in [1.29, 1.82) is 0 Å². The van der Waals surface area contributed by atoms with Crippen molar-refractivity contribution in [2.75, 3.05) is 31.6 Å². The third kappa shape index (κ3) is 3.05. The van der Waals surface area contributed by atoms with Crippen molar-refractivity contribution >= 4 is 21.4 Å². The van der Waals surface area contributed by atoms with Gasteiger partial charge in [-0.2, -0.15) is 0 Å². The van der Waals surface area contributed by atoms with Crippen LogP contribution in [0.4, 0.5) is 5.13 Å². The van der Waals surface area contributed by atoms with Crippen LogP contribution in [-0.4, -0.2) is 52.0 Å². The molecule has 28 heavy (non-hydrogen) atoms. The molecule has 148 valence electrons. The molecule has 0 atom stereocenters. The van der Waals surface area contributed by atoms with Crippen LogP contribution in [0.2, 0.25) is 0 Å². The highest BCUT2D eigenvalue weighted by Gasteiger charge is 2.32. The second-order valence-electron chi connectivity index (χ2n) is 7.87. The monoisotopic (exact) mass is 399 g/mol. The largest absolute Gasteiger partial charge is 0.496 e. The number of anilines is 1. The van der Waals surface area contributed by atoms with Crippen LogP contribution in [-0.2, 0) is 0 Å². The standard InChI is InChI=1S/C20H25N5O2S/c1-27-17-10-14(13-2-3-13)4-5-15(17)16-11-22-18-25(16)23-19(28-18)24-8-6-20(26,12-21)7-9-24/h4-5,10-11,13,26H,2-3,6-9,12,21H2,1H3. The molecule has 2 fully saturated rings. The van der Waals surface area contributed by atoms with Crippen LogP contribution >= 0.6 is 11.3 Å². The Hall–Kier alpha value is -2.16. The molecule has 3 N–H and O–H groups in total. The summed E-state index contributed by atoms with van der Waals surface area (Å²) in [4.78, 5) is 7.64. The molecule has 1 aromatic carbocycles. The van der Waals surface area contributed by atoms with Crippen molar-refractivity contribution in [2.45, 2.75) is 37.2 Å². The number of nitrogens with zero attached hydrogens (tertiary/aromatic N) is 4. The van der Waals surface area contributed by atoms with E-state index in [4.69, 9.17) is 15.6 Å². The van der Waals surface area contributed by atoms with Crippen molar-refractivity contribution in [1.82, 2.24) is 14.6 Å². The number of imidazole rings is 1. The maximum absolute atomic E-state index is 10.4. The number of aromatic nitrogens is 3. The van der Waals surface area contributed by atoms with Gasteiger partial charge in [0.15, 0.2) is 0 Å². The van der Waals surface area contributed by atoms with Crippen LogP contribution in [0.3, 0.4) is 0 Å². The molecule has 2 aliphatic rings. The summed E-state index contributed by atoms with van der Waals surface area (Å²) < 4.78 is 7.58. The van der Waals surface area contributed by atoms with Crippen molar-refractivity contribution < 1.29 is 9.84 Å². The summed E-state index contributed by atoms with van der Waals surface area (Å²) in [5.74, 6) is 1.55. The van der Waals surface area contributed by atoms with E-state index in [-0.39, 0.29) is 0 Å². The number of hydrogen-bond acceptors (Lipinski definition) is 7. The predicted molar refractivity (Wildman–Crippen MR) is 110 cm³/mol. The molecule has 7 nitrogen and oxygen atoms in total. The van der Waals surface area contributed by atoms with Crippen molar-refractivity contribution in [3.8, 4) is 17.0 Å². The fraction of sp³-hybridized carbons (Fsp3) is 0.500. The van der Waals surface area contributed by atoms with Gasteiger partial charge in [0, 0.05) is 25.2 Å². The Kier molecular flexibility index (Phi) is 4.30. The minimum Gasteiger partial charge on any atom is -0.496 e. The first-order valence-corrected chi connectivity index (χ1v) is 10.6. The molecule has 1 aliphatic heterocycles. The first-order chi connectivity index (χ1) is 13.6. The number of nitrogens with two attached hydrogens (primary N) is 1. The third-order valence-corrected chi connectivity index (χ3v) is 6.95. The van der Waals surface area contributed by atoms with E-state index in [0.717, 1.165) is 40.2 Å². The summed E-state index contributed by atoms with van der Waals surface area (Å²) in [7, 11) is 1.71. The predicted octanol–water partition coefficient (Wildman–Crippen LogP) is 2.63. The highest BCUT2D eigenvalue weighted by molar-refractivity contribution is 7.20. The van der Waals surface area contributed by atoms with E-state index in [1.165, 1.54) is 18.4 Å². The van der Waals surface area contributed by atoms with Gasteiger partial charge in [-0.05, 0) is 49.3 Å². The zero-order chi connectivity index (χ0) is 19.3. The van der Waals surface area contributed by atoms with E-state index < -0.39 is 5.60 Å². The van der Waals surface area contributed by atoms with Gasteiger partial charge in [0.25, 0.3) is 0 Å². The van der Waals surface area contributed by atoms with E-state index in [9.17, 15) is 5.11 Å². The Morgan fingerprint density at radius 1 is 1.32 bits per heavy atom. The lowest BCUT2D eigenvalue weighted by Gasteiger charge is -2.37. The van der Waals surface area contributed by atoms with Crippen LogP contribution < -0.4 is 15.4 Å². The van der Waals surface area contributed by atoms with Gasteiger partial charge >= 0.3 is 0 Å². The molecule has 3 heterocycles. The molecule has 2 aromatic heterocycles. The molecule has 0 spiro atoms. The van der Waals surface area contributed by atoms with Gasteiger partial charge in [-0.25, -0.2) is 9.50 Å². The first kappa shape index (κ1) is 17.9. The minimum atomic E-state index is -0.740. The van der Waals surface area contributed by atoms with Gasteiger partial charge < -0.3 is 20.5 Å². The van der Waals surface area contributed by atoms with Gasteiger partial charge in [-0.15, -0.1) is 5.10 Å². The molecular weight excluding hydrogens is 374 g/mol. The van der Waals surface area contributed by atoms with E-state index in [2.05, 4.69) is 28.1 Å². The molecule has 0 unspecified atom stereocenters. The number of rotatable bonds is 5. The normalized spacial score (nSPS) is 19.3. The van der Waals surface area contributed by atoms with Gasteiger partial charge in [-0.1, -0.05) is 17.4 Å². The third-order valence-electron chi connectivity index (χ3n) is 5.97. The van der Waals surface area contributed by atoms with Crippen LogP contribution in [0.5, 0.6) is 5.75 Å². The van der Waals surface area contributed by atoms with Crippen LogP contribution in [0.25, 0.3) is 16.2 Å². The number of hydrogen-bond donors (Lipinski definition) is 2. The maximum atomic E-state index is 10.4. The average Bonchev–Trinajstić information content (AvgIpc) is 3.38. The van der Waals surface area contributed by atoms with Crippen LogP contribution in [0.15, 0.2) is 24.4 Å². The highest BCUT2D eigenvalue weighted by Crippen LogP contribution is 2.43. The quantitative estimate of drug-likeness (QED) is 0.686. The second-order valence-corrected chi connectivity index (χ2v) is 8.81. The number of aliphatic hydroxyl groups is 1. The summed E-state index contributed by atoms with van der Waals surface area (Å²) in [6, 6.07) is 6.47. The molecule has 0 amide bonds. The highest BCUT2D eigenvalue weighted by atomic mass is 32.1. The summed E-state index contributed by atoms with van der Waals surface area (Å²) in [5, 5.41) is 16.1. The average molecular weight is 400 g/mol. The molecule has 1 aliphatic carbocycles. The van der Waals surface area contributed by atoms with Gasteiger partial charge in [0.1, 0.15) is 5.75 Å². The fourth-order valence-electron chi connectivity index (χ4n) is 3.90. The van der Waals surface area contributed by atoms with E-state index in [0.29, 0.717) is 25.3 Å². The molecule has 1 saturated carbocycles. The van der Waals surface area contributed by atoms with Gasteiger partial charge in [0.05, 0.1) is 24.6 Å². The fourth-order valence-corrected chi connectivity index (χ4v) is 4.83. The van der Waals surface area contributed by atoms with Gasteiger partial charge in [0.2, 0.25) is 10.1 Å². The molecular formula is C20H25N5O2S. The number of fused-ring (bicyclic) bond motifs is 1. The van der Waals surface area contributed by atoms with Crippen molar-refractivity contribution in [2.24, 2.45) is 5.73 Å². The number of benzene rings is 1. The lowest BCUT2D eigenvalue weighted by atomic mass is 9.92. The van der Waals surface area contributed by atoms with E-state index in [1.54, 1.807) is 18.4 Å². The molecule has 0 radical (unpaired) electrons. The van der Waals surface area contributed by atoms with E-state index in [1.807, 2.05) is 10.7 Å². The topological polar surface area (TPSA) is 88.9 Å². The molecule has 3 aromatic rings. The Balaban J connectivity index is 1.46. The van der Waals surface area contributed by atoms with Crippen molar-refractivity contribution in [3.05, 3.63) is 30.0 Å². The summed E-state index contributed by atoms with van der Waals surface area (Å²) in [5.41, 5.74) is 8.26. The minimum absolute atomic E-state index is 0.308. The number of ether oxygens (including phenoxy) is 1.